The lowest BCUT2D eigenvalue weighted by molar-refractivity contribution is -0.122. The summed E-state index contributed by atoms with van der Waals surface area (Å²) in [5.74, 6) is -1.60. The number of amides is 1. The summed E-state index contributed by atoms with van der Waals surface area (Å²) in [5.41, 5.74) is 0.933. The fourth-order valence-electron chi connectivity index (χ4n) is 2.25. The lowest BCUT2D eigenvalue weighted by Gasteiger charge is -2.04. The molecule has 0 radical (unpaired) electrons. The molecular formula is C14H13FN2O3. The third-order valence-corrected chi connectivity index (χ3v) is 3.47. The number of aromatic amines is 1. The summed E-state index contributed by atoms with van der Waals surface area (Å²) in [6.07, 6.45) is 1.75. The number of nitrogens with one attached hydrogen (secondary N) is 2. The molecule has 0 saturated heterocycles. The Morgan fingerprint density at radius 2 is 2.15 bits per heavy atom. The van der Waals surface area contributed by atoms with E-state index < -0.39 is 11.8 Å². The molecule has 0 unspecified atom stereocenters. The van der Waals surface area contributed by atoms with E-state index in [2.05, 4.69) is 10.3 Å². The number of benzene rings is 1. The number of aromatic nitrogens is 1. The van der Waals surface area contributed by atoms with Crippen molar-refractivity contribution in [3.63, 3.8) is 0 Å². The first-order chi connectivity index (χ1) is 9.56. The van der Waals surface area contributed by atoms with Crippen LogP contribution in [0.15, 0.2) is 18.2 Å². The molecule has 1 saturated carbocycles. The van der Waals surface area contributed by atoms with Gasteiger partial charge >= 0.3 is 5.97 Å². The fourth-order valence-corrected chi connectivity index (χ4v) is 2.25. The van der Waals surface area contributed by atoms with Gasteiger partial charge in [-0.1, -0.05) is 0 Å². The Balaban J connectivity index is 1.96. The van der Waals surface area contributed by atoms with E-state index in [4.69, 9.17) is 0 Å². The van der Waals surface area contributed by atoms with Gasteiger partial charge in [0.15, 0.2) is 0 Å². The monoisotopic (exact) mass is 276 g/mol. The number of carbonyl (C=O) groups is 2. The zero-order valence-corrected chi connectivity index (χ0v) is 10.6. The van der Waals surface area contributed by atoms with Crippen molar-refractivity contribution in [2.24, 2.45) is 5.92 Å². The molecule has 0 bridgehead atoms. The number of carbonyl (C=O) groups excluding carboxylic acids is 1. The number of aromatic carboxylic acids is 1. The average Bonchev–Trinajstić information content (AvgIpc) is 3.18. The highest BCUT2D eigenvalue weighted by molar-refractivity contribution is 5.97. The largest absolute Gasteiger partial charge is 0.477 e. The molecule has 1 aliphatic carbocycles. The molecule has 6 heteroatoms. The number of fused-ring (bicyclic) bond motifs is 1. The lowest BCUT2D eigenvalue weighted by atomic mass is 10.1. The number of halogens is 1. The first-order valence-corrected chi connectivity index (χ1v) is 6.37. The van der Waals surface area contributed by atoms with Crippen LogP contribution in [0.5, 0.6) is 0 Å². The van der Waals surface area contributed by atoms with Gasteiger partial charge in [0.25, 0.3) is 0 Å². The van der Waals surface area contributed by atoms with E-state index in [0.29, 0.717) is 16.5 Å². The van der Waals surface area contributed by atoms with Gasteiger partial charge in [0, 0.05) is 28.9 Å². The van der Waals surface area contributed by atoms with Crippen LogP contribution < -0.4 is 5.32 Å². The minimum absolute atomic E-state index is 0.0123. The maximum atomic E-state index is 13.3. The van der Waals surface area contributed by atoms with Crippen LogP contribution >= 0.6 is 0 Å². The van der Waals surface area contributed by atoms with Crippen LogP contribution in [0.2, 0.25) is 0 Å². The average molecular weight is 276 g/mol. The van der Waals surface area contributed by atoms with E-state index in [1.165, 1.54) is 18.2 Å². The third kappa shape index (κ3) is 2.24. The highest BCUT2D eigenvalue weighted by atomic mass is 19.1. The van der Waals surface area contributed by atoms with Crippen LogP contribution in [0.1, 0.15) is 28.9 Å². The summed E-state index contributed by atoms with van der Waals surface area (Å²) in [4.78, 5) is 25.6. The summed E-state index contributed by atoms with van der Waals surface area (Å²) < 4.78 is 13.3. The van der Waals surface area contributed by atoms with Crippen LogP contribution in [0, 0.1) is 11.7 Å². The van der Waals surface area contributed by atoms with Gasteiger partial charge in [-0.25, -0.2) is 9.18 Å². The topological polar surface area (TPSA) is 82.2 Å². The molecule has 1 fully saturated rings. The van der Waals surface area contributed by atoms with E-state index >= 15 is 0 Å². The van der Waals surface area contributed by atoms with Crippen LogP contribution in [0.3, 0.4) is 0 Å². The van der Waals surface area contributed by atoms with Gasteiger partial charge in [-0.05, 0) is 31.0 Å². The Hall–Kier alpha value is -2.37. The number of carboxylic acid groups (broad SMARTS) is 1. The summed E-state index contributed by atoms with van der Waals surface area (Å²) >= 11 is 0. The van der Waals surface area contributed by atoms with Gasteiger partial charge in [0.1, 0.15) is 11.5 Å². The Bertz CT molecular complexity index is 704. The Morgan fingerprint density at radius 1 is 1.40 bits per heavy atom. The molecule has 20 heavy (non-hydrogen) atoms. The van der Waals surface area contributed by atoms with Gasteiger partial charge in [-0.2, -0.15) is 0 Å². The highest BCUT2D eigenvalue weighted by Gasteiger charge is 2.29. The van der Waals surface area contributed by atoms with E-state index in [0.717, 1.165) is 12.8 Å². The van der Waals surface area contributed by atoms with Crippen LogP contribution in [-0.2, 0) is 11.3 Å². The van der Waals surface area contributed by atoms with Crippen molar-refractivity contribution >= 4 is 22.8 Å². The van der Waals surface area contributed by atoms with Gasteiger partial charge in [0.2, 0.25) is 5.91 Å². The van der Waals surface area contributed by atoms with Gasteiger partial charge < -0.3 is 15.4 Å². The van der Waals surface area contributed by atoms with Crippen molar-refractivity contribution in [3.8, 4) is 0 Å². The van der Waals surface area contributed by atoms with Crippen molar-refractivity contribution in [2.45, 2.75) is 19.4 Å². The summed E-state index contributed by atoms with van der Waals surface area (Å²) in [5, 5.41) is 12.4. The van der Waals surface area contributed by atoms with Gasteiger partial charge in [-0.3, -0.25) is 4.79 Å². The van der Waals surface area contributed by atoms with Gasteiger partial charge in [0.05, 0.1) is 0 Å². The maximum Gasteiger partial charge on any atom is 0.352 e. The second-order valence-electron chi connectivity index (χ2n) is 4.97. The summed E-state index contributed by atoms with van der Waals surface area (Å²) in [6, 6.07) is 4.03. The Kier molecular flexibility index (Phi) is 2.93. The second-order valence-corrected chi connectivity index (χ2v) is 4.97. The lowest BCUT2D eigenvalue weighted by Crippen LogP contribution is -2.25. The molecule has 1 amide bonds. The minimum atomic E-state index is -1.13. The first kappa shape index (κ1) is 12.7. The molecule has 1 aromatic carbocycles. The quantitative estimate of drug-likeness (QED) is 0.799. The van der Waals surface area contributed by atoms with Crippen molar-refractivity contribution in [1.82, 2.24) is 10.3 Å². The first-order valence-electron chi connectivity index (χ1n) is 6.37. The van der Waals surface area contributed by atoms with Crippen LogP contribution in [0.25, 0.3) is 10.9 Å². The number of hydrogen-bond donors (Lipinski definition) is 3. The molecule has 1 heterocycles. The molecule has 104 valence electrons. The zero-order valence-electron chi connectivity index (χ0n) is 10.6. The standard InChI is InChI=1S/C14H13FN2O3/c15-8-3-4-11-9(5-8)10(12(17-11)14(19)20)6-16-13(18)7-1-2-7/h3-5,7,17H,1-2,6H2,(H,16,18)(H,19,20). The Labute approximate surface area is 113 Å². The van der Waals surface area contributed by atoms with Crippen molar-refractivity contribution in [3.05, 3.63) is 35.3 Å². The molecular weight excluding hydrogens is 263 g/mol. The number of hydrogen-bond acceptors (Lipinski definition) is 2. The van der Waals surface area contributed by atoms with Crippen molar-refractivity contribution in [2.75, 3.05) is 0 Å². The zero-order chi connectivity index (χ0) is 14.3. The molecule has 5 nitrogen and oxygen atoms in total. The third-order valence-electron chi connectivity index (χ3n) is 3.47. The molecule has 1 aliphatic rings. The molecule has 0 spiro atoms. The van der Waals surface area contributed by atoms with Crippen molar-refractivity contribution in [1.29, 1.82) is 0 Å². The normalized spacial score (nSPS) is 14.4. The molecule has 0 aliphatic heterocycles. The molecule has 2 aromatic rings. The van der Waals surface area contributed by atoms with E-state index in [9.17, 15) is 19.1 Å². The molecule has 3 rings (SSSR count). The smallest absolute Gasteiger partial charge is 0.352 e. The number of carboxylic acids is 1. The maximum absolute atomic E-state index is 13.3. The summed E-state index contributed by atoms with van der Waals surface area (Å²) in [7, 11) is 0. The van der Waals surface area contributed by atoms with E-state index in [-0.39, 0.29) is 24.1 Å². The van der Waals surface area contributed by atoms with Crippen molar-refractivity contribution < 1.29 is 19.1 Å². The molecule has 0 atom stereocenters. The predicted octanol–water partition coefficient (Wildman–Crippen LogP) is 2.03. The molecule has 1 aromatic heterocycles. The van der Waals surface area contributed by atoms with Crippen LogP contribution in [0.4, 0.5) is 4.39 Å². The summed E-state index contributed by atoms with van der Waals surface area (Å²) in [6.45, 7) is 0.0837. The minimum Gasteiger partial charge on any atom is -0.477 e. The van der Waals surface area contributed by atoms with E-state index in [1.807, 2.05) is 0 Å². The van der Waals surface area contributed by atoms with Crippen LogP contribution in [-0.4, -0.2) is 22.0 Å². The molecule has 3 N–H and O–H groups in total. The van der Waals surface area contributed by atoms with E-state index in [1.54, 1.807) is 0 Å². The number of H-pyrrole nitrogens is 1. The number of rotatable bonds is 4. The highest BCUT2D eigenvalue weighted by Crippen LogP contribution is 2.29. The second kappa shape index (κ2) is 4.63. The predicted molar refractivity (Wildman–Crippen MR) is 69.8 cm³/mol. The SMILES string of the molecule is O=C(O)c1[nH]c2ccc(F)cc2c1CNC(=O)C1CC1. The van der Waals surface area contributed by atoms with Gasteiger partial charge in [-0.15, -0.1) is 0 Å². The fraction of sp³-hybridized carbons (Fsp3) is 0.286. The Morgan fingerprint density at radius 3 is 2.80 bits per heavy atom.